The molecule has 0 bridgehead atoms. The van der Waals surface area contributed by atoms with Crippen molar-refractivity contribution in [2.24, 2.45) is 5.92 Å². The van der Waals surface area contributed by atoms with E-state index < -0.39 is 0 Å². The molecule has 0 amide bonds. The van der Waals surface area contributed by atoms with Gasteiger partial charge in [0.05, 0.1) is 0 Å². The minimum absolute atomic E-state index is 0.924. The molecule has 1 N–H and O–H groups in total. The molecule has 0 unspecified atom stereocenters. The molecule has 0 atom stereocenters. The van der Waals surface area contributed by atoms with E-state index in [4.69, 9.17) is 0 Å². The number of nitrogens with one attached hydrogen (secondary N) is 1. The summed E-state index contributed by atoms with van der Waals surface area (Å²) >= 11 is 0. The van der Waals surface area contributed by atoms with Gasteiger partial charge in [-0.1, -0.05) is 43.5 Å². The summed E-state index contributed by atoms with van der Waals surface area (Å²) in [6.07, 6.45) is 9.96. The maximum Gasteiger partial charge on any atom is 0.0233 e. The predicted molar refractivity (Wildman–Crippen MR) is 89.2 cm³/mol. The van der Waals surface area contributed by atoms with Crippen molar-refractivity contribution < 1.29 is 0 Å². The molecule has 3 rings (SSSR count). The molecule has 1 heterocycles. The number of hydrogen-bond donors (Lipinski definition) is 1. The molecular weight excluding hydrogens is 256 g/mol. The molecule has 116 valence electrons. The number of benzene rings is 1. The largest absolute Gasteiger partial charge is 0.312 e. The highest BCUT2D eigenvalue weighted by atomic mass is 15.1. The van der Waals surface area contributed by atoms with Gasteiger partial charge in [-0.2, -0.15) is 0 Å². The third-order valence-electron chi connectivity index (χ3n) is 5.11. The topological polar surface area (TPSA) is 15.3 Å². The Labute approximate surface area is 129 Å². The number of rotatable bonds is 6. The molecule has 1 aliphatic carbocycles. The van der Waals surface area contributed by atoms with Gasteiger partial charge in [-0.05, 0) is 62.4 Å². The Morgan fingerprint density at radius 1 is 0.857 bits per heavy atom. The third-order valence-corrected chi connectivity index (χ3v) is 5.11. The van der Waals surface area contributed by atoms with Gasteiger partial charge in [-0.25, -0.2) is 0 Å². The van der Waals surface area contributed by atoms with Crippen molar-refractivity contribution in [3.05, 3.63) is 35.4 Å². The molecular formula is C19H30N2. The minimum atomic E-state index is 0.924. The smallest absolute Gasteiger partial charge is 0.0233 e. The van der Waals surface area contributed by atoms with Gasteiger partial charge in [0, 0.05) is 13.1 Å². The first-order chi connectivity index (χ1) is 10.4. The van der Waals surface area contributed by atoms with E-state index in [2.05, 4.69) is 34.5 Å². The lowest BCUT2D eigenvalue weighted by atomic mass is 9.89. The zero-order chi connectivity index (χ0) is 14.3. The predicted octanol–water partition coefficient (Wildman–Crippen LogP) is 3.95. The van der Waals surface area contributed by atoms with Crippen molar-refractivity contribution >= 4 is 0 Å². The first-order valence-electron chi connectivity index (χ1n) is 8.91. The van der Waals surface area contributed by atoms with Gasteiger partial charge >= 0.3 is 0 Å². The lowest BCUT2D eigenvalue weighted by Gasteiger charge is -2.21. The first-order valence-corrected chi connectivity index (χ1v) is 8.91. The molecule has 1 saturated carbocycles. The van der Waals surface area contributed by atoms with Crippen LogP contribution >= 0.6 is 0 Å². The number of nitrogens with zero attached hydrogens (tertiary/aromatic N) is 1. The van der Waals surface area contributed by atoms with Crippen LogP contribution in [0.25, 0.3) is 0 Å². The molecule has 1 aliphatic heterocycles. The van der Waals surface area contributed by atoms with Crippen LogP contribution in [0, 0.1) is 5.92 Å². The van der Waals surface area contributed by atoms with Crippen LogP contribution in [0.3, 0.4) is 0 Å². The summed E-state index contributed by atoms with van der Waals surface area (Å²) in [5, 5.41) is 3.65. The Morgan fingerprint density at radius 2 is 1.52 bits per heavy atom. The second kappa shape index (κ2) is 7.95. The normalized spacial score (nSPS) is 21.0. The molecule has 2 nitrogen and oxygen atoms in total. The highest BCUT2D eigenvalue weighted by molar-refractivity contribution is 5.22. The Hall–Kier alpha value is -0.860. The van der Waals surface area contributed by atoms with E-state index in [9.17, 15) is 0 Å². The summed E-state index contributed by atoms with van der Waals surface area (Å²) in [7, 11) is 0. The van der Waals surface area contributed by atoms with Crippen LogP contribution in [-0.2, 0) is 13.1 Å². The summed E-state index contributed by atoms with van der Waals surface area (Å²) in [5.74, 6) is 0.924. The van der Waals surface area contributed by atoms with Gasteiger partial charge in [0.15, 0.2) is 0 Å². The summed E-state index contributed by atoms with van der Waals surface area (Å²) in [5.41, 5.74) is 2.89. The molecule has 0 spiro atoms. The SMILES string of the molecule is c1cc(CN2CCCC2)ccc1CNCC1CCCCC1. The molecule has 1 saturated heterocycles. The van der Waals surface area contributed by atoms with E-state index in [1.54, 1.807) is 0 Å². The highest BCUT2D eigenvalue weighted by Gasteiger charge is 2.13. The maximum absolute atomic E-state index is 3.65. The van der Waals surface area contributed by atoms with Crippen LogP contribution < -0.4 is 5.32 Å². The molecule has 21 heavy (non-hydrogen) atoms. The average molecular weight is 286 g/mol. The van der Waals surface area contributed by atoms with Crippen LogP contribution in [0.1, 0.15) is 56.1 Å². The average Bonchev–Trinajstić information content (AvgIpc) is 3.03. The summed E-state index contributed by atoms with van der Waals surface area (Å²) < 4.78 is 0. The van der Waals surface area contributed by atoms with Crippen molar-refractivity contribution in [3.8, 4) is 0 Å². The van der Waals surface area contributed by atoms with Crippen LogP contribution in [0.2, 0.25) is 0 Å². The zero-order valence-corrected chi connectivity index (χ0v) is 13.3. The highest BCUT2D eigenvalue weighted by Crippen LogP contribution is 2.22. The molecule has 1 aromatic rings. The van der Waals surface area contributed by atoms with Crippen molar-refractivity contribution in [3.63, 3.8) is 0 Å². The van der Waals surface area contributed by atoms with E-state index in [0.29, 0.717) is 0 Å². The minimum Gasteiger partial charge on any atom is -0.312 e. The fourth-order valence-corrected chi connectivity index (χ4v) is 3.77. The van der Waals surface area contributed by atoms with Gasteiger partial charge < -0.3 is 5.32 Å². The molecule has 2 heteroatoms. The van der Waals surface area contributed by atoms with Crippen molar-refractivity contribution in [2.75, 3.05) is 19.6 Å². The first kappa shape index (κ1) is 15.1. The lowest BCUT2D eigenvalue weighted by molar-refractivity contribution is 0.331. The van der Waals surface area contributed by atoms with Crippen LogP contribution in [0.5, 0.6) is 0 Å². The molecule has 1 aromatic carbocycles. The number of likely N-dealkylation sites (tertiary alicyclic amines) is 1. The summed E-state index contributed by atoms with van der Waals surface area (Å²) in [6.45, 7) is 5.93. The molecule has 2 aliphatic rings. The second-order valence-electron chi connectivity index (χ2n) is 6.93. The fraction of sp³-hybridized carbons (Fsp3) is 0.684. The summed E-state index contributed by atoms with van der Waals surface area (Å²) in [6, 6.07) is 9.24. The Bertz CT molecular complexity index is 400. The van der Waals surface area contributed by atoms with Crippen LogP contribution in [0.4, 0.5) is 0 Å². The monoisotopic (exact) mass is 286 g/mol. The second-order valence-corrected chi connectivity index (χ2v) is 6.93. The van der Waals surface area contributed by atoms with Crippen LogP contribution in [-0.4, -0.2) is 24.5 Å². The fourth-order valence-electron chi connectivity index (χ4n) is 3.77. The van der Waals surface area contributed by atoms with Gasteiger partial charge in [0.2, 0.25) is 0 Å². The quantitative estimate of drug-likeness (QED) is 0.852. The maximum atomic E-state index is 3.65. The standard InChI is InChI=1S/C19H30N2/c1-2-6-17(7-3-1)14-20-15-18-8-10-19(11-9-18)16-21-12-4-5-13-21/h8-11,17,20H,1-7,12-16H2. The van der Waals surface area contributed by atoms with Gasteiger partial charge in [-0.15, -0.1) is 0 Å². The molecule has 0 radical (unpaired) electrons. The van der Waals surface area contributed by atoms with Gasteiger partial charge in [0.1, 0.15) is 0 Å². The molecule has 2 fully saturated rings. The summed E-state index contributed by atoms with van der Waals surface area (Å²) in [4.78, 5) is 2.57. The number of hydrogen-bond acceptors (Lipinski definition) is 2. The van der Waals surface area contributed by atoms with Gasteiger partial charge in [-0.3, -0.25) is 4.90 Å². The van der Waals surface area contributed by atoms with Gasteiger partial charge in [0.25, 0.3) is 0 Å². The van der Waals surface area contributed by atoms with Crippen molar-refractivity contribution in [1.29, 1.82) is 0 Å². The lowest BCUT2D eigenvalue weighted by Crippen LogP contribution is -2.24. The van der Waals surface area contributed by atoms with Crippen molar-refractivity contribution in [2.45, 2.75) is 58.0 Å². The van der Waals surface area contributed by atoms with Crippen LogP contribution in [0.15, 0.2) is 24.3 Å². The third kappa shape index (κ3) is 4.82. The Morgan fingerprint density at radius 3 is 2.24 bits per heavy atom. The molecule has 0 aromatic heterocycles. The van der Waals surface area contributed by atoms with E-state index in [1.165, 1.54) is 75.7 Å². The Balaban J connectivity index is 1.39. The van der Waals surface area contributed by atoms with E-state index in [-0.39, 0.29) is 0 Å². The van der Waals surface area contributed by atoms with E-state index in [1.807, 2.05) is 0 Å². The van der Waals surface area contributed by atoms with E-state index in [0.717, 1.165) is 19.0 Å². The Kier molecular flexibility index (Phi) is 5.70. The van der Waals surface area contributed by atoms with Crippen molar-refractivity contribution in [1.82, 2.24) is 10.2 Å². The van der Waals surface area contributed by atoms with E-state index >= 15 is 0 Å². The zero-order valence-electron chi connectivity index (χ0n) is 13.3.